The van der Waals surface area contributed by atoms with Crippen molar-refractivity contribution in [1.82, 2.24) is 10.6 Å². The topological polar surface area (TPSA) is 84.2 Å². The SMILES string of the molecule is CCNC(=O)CNC(=O)C1CCCC(CN)C1. The maximum absolute atomic E-state index is 11.8. The van der Waals surface area contributed by atoms with Crippen molar-refractivity contribution in [3.63, 3.8) is 0 Å². The van der Waals surface area contributed by atoms with Gasteiger partial charge >= 0.3 is 0 Å². The van der Waals surface area contributed by atoms with E-state index in [4.69, 9.17) is 5.73 Å². The Morgan fingerprint density at radius 1 is 1.29 bits per heavy atom. The maximum Gasteiger partial charge on any atom is 0.239 e. The third-order valence-corrected chi connectivity index (χ3v) is 3.28. The molecule has 17 heavy (non-hydrogen) atoms. The normalized spacial score (nSPS) is 24.1. The van der Waals surface area contributed by atoms with Gasteiger partial charge in [-0.1, -0.05) is 6.42 Å². The Morgan fingerprint density at radius 3 is 2.71 bits per heavy atom. The fraction of sp³-hybridized carbons (Fsp3) is 0.833. The monoisotopic (exact) mass is 241 g/mol. The number of amides is 2. The van der Waals surface area contributed by atoms with E-state index in [1.54, 1.807) is 0 Å². The smallest absolute Gasteiger partial charge is 0.239 e. The molecule has 0 aromatic rings. The molecule has 0 saturated heterocycles. The standard InChI is InChI=1S/C12H23N3O2/c1-2-14-11(16)8-15-12(17)10-5-3-4-9(6-10)7-13/h9-10H,2-8,13H2,1H3,(H,14,16)(H,15,17). The summed E-state index contributed by atoms with van der Waals surface area (Å²) in [7, 11) is 0. The van der Waals surface area contributed by atoms with Gasteiger partial charge in [0.15, 0.2) is 0 Å². The summed E-state index contributed by atoms with van der Waals surface area (Å²) in [4.78, 5) is 23.0. The predicted octanol–water partition coefficient (Wildman–Crippen LogP) is 0.00380. The van der Waals surface area contributed by atoms with Gasteiger partial charge < -0.3 is 16.4 Å². The Kier molecular flexibility index (Phi) is 5.97. The highest BCUT2D eigenvalue weighted by Crippen LogP contribution is 2.28. The van der Waals surface area contributed by atoms with E-state index in [9.17, 15) is 9.59 Å². The molecule has 0 bridgehead atoms. The minimum Gasteiger partial charge on any atom is -0.355 e. The molecule has 1 aliphatic rings. The summed E-state index contributed by atoms with van der Waals surface area (Å²) in [5.74, 6) is 0.358. The summed E-state index contributed by atoms with van der Waals surface area (Å²) in [6.45, 7) is 3.18. The van der Waals surface area contributed by atoms with Crippen LogP contribution >= 0.6 is 0 Å². The maximum atomic E-state index is 11.8. The van der Waals surface area contributed by atoms with Gasteiger partial charge in [0.05, 0.1) is 6.54 Å². The van der Waals surface area contributed by atoms with Crippen LogP contribution in [0.5, 0.6) is 0 Å². The first-order valence-corrected chi connectivity index (χ1v) is 6.41. The van der Waals surface area contributed by atoms with Crippen LogP contribution in [-0.2, 0) is 9.59 Å². The van der Waals surface area contributed by atoms with Gasteiger partial charge in [-0.3, -0.25) is 9.59 Å². The van der Waals surface area contributed by atoms with Crippen LogP contribution < -0.4 is 16.4 Å². The first-order valence-electron chi connectivity index (χ1n) is 6.41. The molecule has 5 heteroatoms. The number of hydrogen-bond acceptors (Lipinski definition) is 3. The molecule has 2 unspecified atom stereocenters. The van der Waals surface area contributed by atoms with Gasteiger partial charge in [0.25, 0.3) is 0 Å². The average molecular weight is 241 g/mol. The Bertz CT molecular complexity index is 268. The predicted molar refractivity (Wildman–Crippen MR) is 66.2 cm³/mol. The number of rotatable bonds is 5. The molecule has 0 aromatic heterocycles. The zero-order valence-corrected chi connectivity index (χ0v) is 10.5. The van der Waals surface area contributed by atoms with E-state index in [2.05, 4.69) is 10.6 Å². The highest BCUT2D eigenvalue weighted by molar-refractivity contribution is 5.85. The van der Waals surface area contributed by atoms with Crippen LogP contribution in [-0.4, -0.2) is 31.4 Å². The molecule has 0 radical (unpaired) electrons. The second-order valence-corrected chi connectivity index (χ2v) is 4.64. The molecule has 0 heterocycles. The van der Waals surface area contributed by atoms with Gasteiger partial charge in [0.2, 0.25) is 11.8 Å². The molecule has 5 nitrogen and oxygen atoms in total. The third kappa shape index (κ3) is 4.73. The van der Waals surface area contributed by atoms with Gasteiger partial charge in [0, 0.05) is 12.5 Å². The van der Waals surface area contributed by atoms with E-state index in [0.29, 0.717) is 19.0 Å². The number of likely N-dealkylation sites (N-methyl/N-ethyl adjacent to an activating group) is 1. The zero-order valence-electron chi connectivity index (χ0n) is 10.5. The first-order chi connectivity index (χ1) is 8.17. The Morgan fingerprint density at radius 2 is 2.06 bits per heavy atom. The van der Waals surface area contributed by atoms with Crippen LogP contribution in [0.15, 0.2) is 0 Å². The van der Waals surface area contributed by atoms with Gasteiger partial charge in [-0.15, -0.1) is 0 Å². The highest BCUT2D eigenvalue weighted by Gasteiger charge is 2.26. The van der Waals surface area contributed by atoms with Gasteiger partial charge in [-0.05, 0) is 38.6 Å². The Hall–Kier alpha value is -1.10. The van der Waals surface area contributed by atoms with Crippen molar-refractivity contribution in [2.45, 2.75) is 32.6 Å². The van der Waals surface area contributed by atoms with Crippen LogP contribution in [0.2, 0.25) is 0 Å². The fourth-order valence-electron chi connectivity index (χ4n) is 2.31. The van der Waals surface area contributed by atoms with Crippen molar-refractivity contribution < 1.29 is 9.59 Å². The third-order valence-electron chi connectivity index (χ3n) is 3.28. The highest BCUT2D eigenvalue weighted by atomic mass is 16.2. The van der Waals surface area contributed by atoms with E-state index >= 15 is 0 Å². The number of carbonyl (C=O) groups is 2. The van der Waals surface area contributed by atoms with Crippen LogP contribution in [0.1, 0.15) is 32.6 Å². The van der Waals surface area contributed by atoms with Crippen molar-refractivity contribution >= 4 is 11.8 Å². The van der Waals surface area contributed by atoms with E-state index in [0.717, 1.165) is 25.7 Å². The lowest BCUT2D eigenvalue weighted by molar-refractivity contribution is -0.129. The summed E-state index contributed by atoms with van der Waals surface area (Å²) < 4.78 is 0. The van der Waals surface area contributed by atoms with E-state index in [1.807, 2.05) is 6.92 Å². The van der Waals surface area contributed by atoms with Crippen molar-refractivity contribution in [3.05, 3.63) is 0 Å². The second kappa shape index (κ2) is 7.27. The summed E-state index contributed by atoms with van der Waals surface area (Å²) in [6, 6.07) is 0. The molecule has 98 valence electrons. The van der Waals surface area contributed by atoms with Crippen molar-refractivity contribution in [1.29, 1.82) is 0 Å². The molecular weight excluding hydrogens is 218 g/mol. The van der Waals surface area contributed by atoms with Crippen LogP contribution in [0, 0.1) is 11.8 Å². The number of hydrogen-bond donors (Lipinski definition) is 3. The largest absolute Gasteiger partial charge is 0.355 e. The van der Waals surface area contributed by atoms with Crippen LogP contribution in [0.4, 0.5) is 0 Å². The van der Waals surface area contributed by atoms with Crippen LogP contribution in [0.3, 0.4) is 0 Å². The van der Waals surface area contributed by atoms with Crippen molar-refractivity contribution in [2.24, 2.45) is 17.6 Å². The molecule has 0 aromatic carbocycles. The lowest BCUT2D eigenvalue weighted by Crippen LogP contribution is -2.41. The second-order valence-electron chi connectivity index (χ2n) is 4.64. The molecule has 2 atom stereocenters. The molecule has 1 aliphatic carbocycles. The van der Waals surface area contributed by atoms with Gasteiger partial charge in [-0.25, -0.2) is 0 Å². The van der Waals surface area contributed by atoms with Gasteiger partial charge in [-0.2, -0.15) is 0 Å². The first kappa shape index (κ1) is 14.0. The van der Waals surface area contributed by atoms with Crippen molar-refractivity contribution in [3.8, 4) is 0 Å². The lowest BCUT2D eigenvalue weighted by atomic mass is 9.81. The molecule has 0 aliphatic heterocycles. The number of carbonyl (C=O) groups excluding carboxylic acids is 2. The molecule has 0 spiro atoms. The Balaban J connectivity index is 2.29. The lowest BCUT2D eigenvalue weighted by Gasteiger charge is -2.27. The van der Waals surface area contributed by atoms with E-state index in [1.165, 1.54) is 0 Å². The molecular formula is C12H23N3O2. The minimum atomic E-state index is -0.132. The minimum absolute atomic E-state index is 0.00518. The molecule has 1 saturated carbocycles. The average Bonchev–Trinajstić information content (AvgIpc) is 2.36. The fourth-order valence-corrected chi connectivity index (χ4v) is 2.31. The summed E-state index contributed by atoms with van der Waals surface area (Å²) in [5.41, 5.74) is 5.63. The van der Waals surface area contributed by atoms with Crippen molar-refractivity contribution in [2.75, 3.05) is 19.6 Å². The molecule has 1 fully saturated rings. The molecule has 4 N–H and O–H groups in total. The Labute approximate surface area is 103 Å². The zero-order chi connectivity index (χ0) is 12.7. The summed E-state index contributed by atoms with van der Waals surface area (Å²) in [6.07, 6.45) is 3.95. The van der Waals surface area contributed by atoms with Gasteiger partial charge in [0.1, 0.15) is 0 Å². The summed E-state index contributed by atoms with van der Waals surface area (Å²) in [5, 5.41) is 5.34. The number of nitrogens with two attached hydrogens (primary N) is 1. The van der Waals surface area contributed by atoms with E-state index in [-0.39, 0.29) is 24.3 Å². The van der Waals surface area contributed by atoms with E-state index < -0.39 is 0 Å². The molecule has 2 amide bonds. The summed E-state index contributed by atoms with van der Waals surface area (Å²) >= 11 is 0. The molecule has 1 rings (SSSR count). The number of nitrogens with one attached hydrogen (secondary N) is 2. The van der Waals surface area contributed by atoms with Crippen LogP contribution in [0.25, 0.3) is 0 Å². The quantitative estimate of drug-likeness (QED) is 0.633.